The Balaban J connectivity index is 2.01. The van der Waals surface area contributed by atoms with E-state index >= 15 is 0 Å². The zero-order valence-corrected chi connectivity index (χ0v) is 11.6. The number of H-pyrrole nitrogens is 1. The van der Waals surface area contributed by atoms with E-state index in [1.807, 2.05) is 24.3 Å². The summed E-state index contributed by atoms with van der Waals surface area (Å²) in [4.78, 5) is 10.2. The van der Waals surface area contributed by atoms with Crippen LogP contribution in [0.5, 0.6) is 0 Å². The molecule has 1 N–H and O–H groups in total. The standard InChI is InChI=1S/C14H21N3O2/c1-18-9-7-17(8-10-19-2)11-14-15-12-5-3-4-6-13(12)16-14/h3-6H,7-11H2,1-2H3,(H,15,16). The molecule has 104 valence electrons. The van der Waals surface area contributed by atoms with Gasteiger partial charge in [-0.2, -0.15) is 0 Å². The molecule has 0 aliphatic heterocycles. The number of ether oxygens (including phenoxy) is 2. The molecule has 1 heterocycles. The third kappa shape index (κ3) is 4.02. The van der Waals surface area contributed by atoms with E-state index in [0.29, 0.717) is 13.2 Å². The molecule has 0 aliphatic carbocycles. The summed E-state index contributed by atoms with van der Waals surface area (Å²) in [5, 5.41) is 0. The minimum Gasteiger partial charge on any atom is -0.383 e. The number of hydrogen-bond donors (Lipinski definition) is 1. The lowest BCUT2D eigenvalue weighted by Gasteiger charge is -2.20. The van der Waals surface area contributed by atoms with E-state index in [9.17, 15) is 0 Å². The Morgan fingerprint density at radius 1 is 1.11 bits per heavy atom. The van der Waals surface area contributed by atoms with Crippen molar-refractivity contribution in [1.29, 1.82) is 0 Å². The van der Waals surface area contributed by atoms with E-state index in [1.165, 1.54) is 0 Å². The van der Waals surface area contributed by atoms with Gasteiger partial charge in [0.15, 0.2) is 0 Å². The van der Waals surface area contributed by atoms with Crippen molar-refractivity contribution in [1.82, 2.24) is 14.9 Å². The normalized spacial score (nSPS) is 11.5. The largest absolute Gasteiger partial charge is 0.383 e. The Bertz CT molecular complexity index is 457. The predicted octanol–water partition coefficient (Wildman–Crippen LogP) is 1.66. The highest BCUT2D eigenvalue weighted by Crippen LogP contribution is 2.11. The lowest BCUT2D eigenvalue weighted by Crippen LogP contribution is -2.30. The van der Waals surface area contributed by atoms with Gasteiger partial charge in [0.1, 0.15) is 5.82 Å². The molecule has 1 aromatic carbocycles. The Morgan fingerprint density at radius 2 is 1.79 bits per heavy atom. The van der Waals surface area contributed by atoms with Gasteiger partial charge in [0.2, 0.25) is 0 Å². The molecule has 5 nitrogen and oxygen atoms in total. The van der Waals surface area contributed by atoms with Crippen LogP contribution in [0.15, 0.2) is 24.3 Å². The van der Waals surface area contributed by atoms with E-state index in [2.05, 4.69) is 14.9 Å². The quantitative estimate of drug-likeness (QED) is 0.787. The first kappa shape index (κ1) is 14.0. The van der Waals surface area contributed by atoms with Crippen molar-refractivity contribution in [3.05, 3.63) is 30.1 Å². The first-order valence-electron chi connectivity index (χ1n) is 6.47. The van der Waals surface area contributed by atoms with Crippen molar-refractivity contribution < 1.29 is 9.47 Å². The molecule has 0 saturated heterocycles. The lowest BCUT2D eigenvalue weighted by atomic mass is 10.3. The maximum Gasteiger partial charge on any atom is 0.121 e. The number of rotatable bonds is 8. The van der Waals surface area contributed by atoms with Gasteiger partial charge >= 0.3 is 0 Å². The molecule has 0 atom stereocenters. The zero-order chi connectivity index (χ0) is 13.5. The molecule has 2 rings (SSSR count). The number of nitrogens with zero attached hydrogens (tertiary/aromatic N) is 2. The maximum absolute atomic E-state index is 5.14. The zero-order valence-electron chi connectivity index (χ0n) is 11.6. The van der Waals surface area contributed by atoms with Crippen molar-refractivity contribution in [3.63, 3.8) is 0 Å². The van der Waals surface area contributed by atoms with Crippen LogP contribution >= 0.6 is 0 Å². The van der Waals surface area contributed by atoms with Crippen LogP contribution in [-0.2, 0) is 16.0 Å². The molecule has 0 fully saturated rings. The highest BCUT2D eigenvalue weighted by molar-refractivity contribution is 5.74. The summed E-state index contributed by atoms with van der Waals surface area (Å²) in [5.41, 5.74) is 2.09. The molecule has 5 heteroatoms. The molecule has 0 radical (unpaired) electrons. The van der Waals surface area contributed by atoms with Crippen LogP contribution in [0.2, 0.25) is 0 Å². The number of aromatic nitrogens is 2. The van der Waals surface area contributed by atoms with Crippen molar-refractivity contribution in [2.24, 2.45) is 0 Å². The van der Waals surface area contributed by atoms with Crippen molar-refractivity contribution in [2.45, 2.75) is 6.54 Å². The Labute approximate surface area is 113 Å². The molecule has 1 aromatic heterocycles. The monoisotopic (exact) mass is 263 g/mol. The summed E-state index contributed by atoms with van der Waals surface area (Å²) in [7, 11) is 3.44. The van der Waals surface area contributed by atoms with Crippen LogP contribution in [0.3, 0.4) is 0 Å². The molecular weight excluding hydrogens is 242 g/mol. The van der Waals surface area contributed by atoms with Gasteiger partial charge in [-0.25, -0.2) is 4.98 Å². The van der Waals surface area contributed by atoms with Gasteiger partial charge < -0.3 is 14.5 Å². The Hall–Kier alpha value is -1.43. The number of methoxy groups -OCH3 is 2. The summed E-state index contributed by atoms with van der Waals surface area (Å²) in [5.74, 6) is 0.980. The average molecular weight is 263 g/mol. The Kier molecular flexibility index (Phi) is 5.32. The van der Waals surface area contributed by atoms with Crippen LogP contribution < -0.4 is 0 Å². The van der Waals surface area contributed by atoms with Crippen LogP contribution in [0, 0.1) is 0 Å². The fourth-order valence-electron chi connectivity index (χ4n) is 2.00. The first-order valence-corrected chi connectivity index (χ1v) is 6.47. The summed E-state index contributed by atoms with van der Waals surface area (Å²) < 4.78 is 10.3. The van der Waals surface area contributed by atoms with Crippen molar-refractivity contribution in [3.8, 4) is 0 Å². The first-order chi connectivity index (χ1) is 9.33. The van der Waals surface area contributed by atoms with Gasteiger partial charge in [0.25, 0.3) is 0 Å². The van der Waals surface area contributed by atoms with Gasteiger partial charge in [0, 0.05) is 27.3 Å². The number of aromatic amines is 1. The third-order valence-corrected chi connectivity index (χ3v) is 3.04. The summed E-state index contributed by atoms with van der Waals surface area (Å²) >= 11 is 0. The SMILES string of the molecule is COCCN(CCOC)Cc1nc2ccccc2[nH]1. The minimum atomic E-state index is 0.712. The highest BCUT2D eigenvalue weighted by Gasteiger charge is 2.09. The second-order valence-electron chi connectivity index (χ2n) is 4.46. The van der Waals surface area contributed by atoms with Gasteiger partial charge in [-0.05, 0) is 12.1 Å². The topological polar surface area (TPSA) is 50.4 Å². The highest BCUT2D eigenvalue weighted by atomic mass is 16.5. The predicted molar refractivity (Wildman–Crippen MR) is 75.1 cm³/mol. The number of imidazole rings is 1. The number of hydrogen-bond acceptors (Lipinski definition) is 4. The Morgan fingerprint density at radius 3 is 2.42 bits per heavy atom. The molecule has 0 aliphatic rings. The van der Waals surface area contributed by atoms with Gasteiger partial charge in [-0.1, -0.05) is 12.1 Å². The summed E-state index contributed by atoms with van der Waals surface area (Å²) in [6, 6.07) is 8.07. The van der Waals surface area contributed by atoms with Crippen LogP contribution in [0.25, 0.3) is 11.0 Å². The van der Waals surface area contributed by atoms with E-state index in [-0.39, 0.29) is 0 Å². The van der Waals surface area contributed by atoms with Crippen molar-refractivity contribution in [2.75, 3.05) is 40.5 Å². The second-order valence-corrected chi connectivity index (χ2v) is 4.46. The molecule has 2 aromatic rings. The van der Waals surface area contributed by atoms with E-state index in [4.69, 9.17) is 9.47 Å². The van der Waals surface area contributed by atoms with E-state index in [1.54, 1.807) is 14.2 Å². The molecule has 0 saturated carbocycles. The average Bonchev–Trinajstić information content (AvgIpc) is 2.84. The van der Waals surface area contributed by atoms with Crippen LogP contribution in [0.1, 0.15) is 5.82 Å². The molecule has 0 unspecified atom stereocenters. The van der Waals surface area contributed by atoms with E-state index < -0.39 is 0 Å². The number of para-hydroxylation sites is 2. The lowest BCUT2D eigenvalue weighted by molar-refractivity contribution is 0.109. The van der Waals surface area contributed by atoms with Crippen molar-refractivity contribution >= 4 is 11.0 Å². The van der Waals surface area contributed by atoms with E-state index in [0.717, 1.165) is 36.5 Å². The molecule has 0 spiro atoms. The number of benzene rings is 1. The molecule has 0 bridgehead atoms. The summed E-state index contributed by atoms with van der Waals surface area (Å²) in [6.07, 6.45) is 0. The third-order valence-electron chi connectivity index (χ3n) is 3.04. The fourth-order valence-corrected chi connectivity index (χ4v) is 2.00. The van der Waals surface area contributed by atoms with Crippen LogP contribution in [-0.4, -0.2) is 55.4 Å². The molecule has 0 amide bonds. The van der Waals surface area contributed by atoms with Gasteiger partial charge in [-0.15, -0.1) is 0 Å². The van der Waals surface area contributed by atoms with Crippen LogP contribution in [0.4, 0.5) is 0 Å². The fraction of sp³-hybridized carbons (Fsp3) is 0.500. The maximum atomic E-state index is 5.14. The van der Waals surface area contributed by atoms with Gasteiger partial charge in [0.05, 0.1) is 30.8 Å². The van der Waals surface area contributed by atoms with Gasteiger partial charge in [-0.3, -0.25) is 4.90 Å². The molecular formula is C14H21N3O2. The smallest absolute Gasteiger partial charge is 0.121 e. The number of nitrogens with one attached hydrogen (secondary N) is 1. The number of fused-ring (bicyclic) bond motifs is 1. The summed E-state index contributed by atoms with van der Waals surface area (Å²) in [6.45, 7) is 3.95. The second kappa shape index (κ2) is 7.23. The minimum absolute atomic E-state index is 0.712. The molecule has 19 heavy (non-hydrogen) atoms.